The van der Waals surface area contributed by atoms with E-state index in [1.165, 1.54) is 28.9 Å². The van der Waals surface area contributed by atoms with Gasteiger partial charge in [-0.1, -0.05) is 0 Å². The molecule has 1 amide bonds. The van der Waals surface area contributed by atoms with E-state index in [1.54, 1.807) is 0 Å². The highest BCUT2D eigenvalue weighted by Crippen LogP contribution is 2.44. The van der Waals surface area contributed by atoms with Gasteiger partial charge < -0.3 is 9.88 Å². The average Bonchev–Trinajstić information content (AvgIpc) is 3.32. The molecule has 1 unspecified atom stereocenters. The Hall–Kier alpha value is -2.48. The molecule has 3 aromatic heterocycles. The number of fused-ring (bicyclic) bond motifs is 3. The molecule has 8 heteroatoms. The van der Waals surface area contributed by atoms with Crippen LogP contribution in [0.2, 0.25) is 0 Å². The predicted molar refractivity (Wildman–Crippen MR) is 98.7 cm³/mol. The smallest absolute Gasteiger partial charge is 0.264 e. The molecular formula is C18H19N5O2S. The summed E-state index contributed by atoms with van der Waals surface area (Å²) in [7, 11) is 0. The summed E-state index contributed by atoms with van der Waals surface area (Å²) < 4.78 is 0. The van der Waals surface area contributed by atoms with E-state index in [9.17, 15) is 9.59 Å². The van der Waals surface area contributed by atoms with Crippen LogP contribution in [-0.4, -0.2) is 44.1 Å². The monoisotopic (exact) mass is 369 g/mol. The van der Waals surface area contributed by atoms with Crippen molar-refractivity contribution in [3.8, 4) is 0 Å². The van der Waals surface area contributed by atoms with Gasteiger partial charge in [0.15, 0.2) is 0 Å². The number of amides is 1. The highest BCUT2D eigenvalue weighted by molar-refractivity contribution is 7.20. The van der Waals surface area contributed by atoms with Crippen molar-refractivity contribution in [2.24, 2.45) is 0 Å². The summed E-state index contributed by atoms with van der Waals surface area (Å²) in [5, 5.41) is 7.91. The second-order valence-corrected chi connectivity index (χ2v) is 8.35. The molecule has 0 aromatic carbocycles. The van der Waals surface area contributed by atoms with Crippen LogP contribution in [0, 0.1) is 6.92 Å². The second-order valence-electron chi connectivity index (χ2n) is 7.35. The maximum Gasteiger partial charge on any atom is 0.264 e. The van der Waals surface area contributed by atoms with Gasteiger partial charge in [-0.15, -0.1) is 11.3 Å². The number of thiophene rings is 1. The summed E-state index contributed by atoms with van der Waals surface area (Å²) in [5.74, 6) is 0.0111. The molecule has 0 saturated carbocycles. The first-order valence-electron chi connectivity index (χ1n) is 8.88. The second kappa shape index (κ2) is 5.51. The number of aryl methyl sites for hydroxylation is 2. The van der Waals surface area contributed by atoms with Crippen LogP contribution in [0.4, 0.5) is 0 Å². The maximum absolute atomic E-state index is 13.3. The Morgan fingerprint density at radius 3 is 3.12 bits per heavy atom. The SMILES string of the molecule is Cc1c(C(=O)N2CCCC3(CCc4cn[nH]c43)C2)sc2nc[nH]c(=O)c12. The molecule has 2 N–H and O–H groups in total. The highest BCUT2D eigenvalue weighted by atomic mass is 32.1. The van der Waals surface area contributed by atoms with Crippen LogP contribution < -0.4 is 5.56 Å². The van der Waals surface area contributed by atoms with Crippen molar-refractivity contribution in [1.82, 2.24) is 25.1 Å². The molecule has 1 atom stereocenters. The number of hydrogen-bond donors (Lipinski definition) is 2. The van der Waals surface area contributed by atoms with E-state index in [0.29, 0.717) is 21.6 Å². The lowest BCUT2D eigenvalue weighted by Crippen LogP contribution is -2.47. The number of nitrogens with zero attached hydrogens (tertiary/aromatic N) is 3. The molecule has 0 bridgehead atoms. The largest absolute Gasteiger partial charge is 0.337 e. The fourth-order valence-corrected chi connectivity index (χ4v) is 5.72. The normalized spacial score (nSPS) is 22.3. The first-order chi connectivity index (χ1) is 12.6. The summed E-state index contributed by atoms with van der Waals surface area (Å²) in [6.07, 6.45) is 7.45. The summed E-state index contributed by atoms with van der Waals surface area (Å²) in [6.45, 7) is 3.30. The number of piperidine rings is 1. The fourth-order valence-electron chi connectivity index (χ4n) is 4.60. The van der Waals surface area contributed by atoms with Crippen molar-refractivity contribution in [3.05, 3.63) is 44.6 Å². The number of nitrogens with one attached hydrogen (secondary N) is 2. The topological polar surface area (TPSA) is 94.7 Å². The standard InChI is InChI=1S/C18H19N5O2S/c1-10-12-15(24)19-9-20-16(12)26-13(10)17(25)23-6-2-4-18(8-23)5-3-11-7-21-22-14(11)18/h7,9H,2-6,8H2,1H3,(H,21,22)(H,19,20,24). The van der Waals surface area contributed by atoms with Gasteiger partial charge in [-0.05, 0) is 43.7 Å². The van der Waals surface area contributed by atoms with Gasteiger partial charge in [0.05, 0.1) is 22.8 Å². The summed E-state index contributed by atoms with van der Waals surface area (Å²) in [4.78, 5) is 35.4. The van der Waals surface area contributed by atoms with Crippen LogP contribution in [0.15, 0.2) is 17.3 Å². The number of aromatic amines is 2. The Bertz CT molecular complexity index is 1080. The minimum atomic E-state index is -0.184. The van der Waals surface area contributed by atoms with Crippen molar-refractivity contribution in [1.29, 1.82) is 0 Å². The third-order valence-electron chi connectivity index (χ3n) is 5.91. The number of carbonyl (C=O) groups is 1. The number of hydrogen-bond acceptors (Lipinski definition) is 5. The Kier molecular flexibility index (Phi) is 3.34. The summed E-state index contributed by atoms with van der Waals surface area (Å²) in [5.41, 5.74) is 3.04. The van der Waals surface area contributed by atoms with E-state index in [0.717, 1.165) is 37.8 Å². The molecule has 7 nitrogen and oxygen atoms in total. The lowest BCUT2D eigenvalue weighted by molar-refractivity contribution is 0.0637. The number of aromatic nitrogens is 4. The molecule has 1 fully saturated rings. The lowest BCUT2D eigenvalue weighted by atomic mass is 9.77. The van der Waals surface area contributed by atoms with Crippen LogP contribution in [0.1, 0.15) is 45.8 Å². The van der Waals surface area contributed by atoms with Gasteiger partial charge in [-0.3, -0.25) is 14.7 Å². The molecule has 1 saturated heterocycles. The van der Waals surface area contributed by atoms with Gasteiger partial charge in [0, 0.05) is 24.2 Å². The van der Waals surface area contributed by atoms with Crippen LogP contribution in [0.5, 0.6) is 0 Å². The van der Waals surface area contributed by atoms with E-state index in [-0.39, 0.29) is 16.9 Å². The Morgan fingerprint density at radius 1 is 1.38 bits per heavy atom. The minimum Gasteiger partial charge on any atom is -0.337 e. The quantitative estimate of drug-likeness (QED) is 0.687. The molecule has 3 aromatic rings. The highest BCUT2D eigenvalue weighted by Gasteiger charge is 2.44. The number of likely N-dealkylation sites (tertiary alicyclic amines) is 1. The Balaban J connectivity index is 1.51. The van der Waals surface area contributed by atoms with E-state index in [1.807, 2.05) is 18.0 Å². The van der Waals surface area contributed by atoms with E-state index in [4.69, 9.17) is 0 Å². The molecule has 5 rings (SSSR count). The minimum absolute atomic E-state index is 0.0000520. The van der Waals surface area contributed by atoms with Crippen molar-refractivity contribution in [2.45, 2.75) is 38.0 Å². The first-order valence-corrected chi connectivity index (χ1v) is 9.69. The Labute approximate surface area is 153 Å². The van der Waals surface area contributed by atoms with Gasteiger partial charge >= 0.3 is 0 Å². The van der Waals surface area contributed by atoms with Gasteiger partial charge in [0.2, 0.25) is 0 Å². The number of rotatable bonds is 1. The van der Waals surface area contributed by atoms with E-state index in [2.05, 4.69) is 20.2 Å². The average molecular weight is 369 g/mol. The zero-order valence-corrected chi connectivity index (χ0v) is 15.3. The van der Waals surface area contributed by atoms with Gasteiger partial charge in [-0.25, -0.2) is 4.98 Å². The zero-order chi connectivity index (χ0) is 17.9. The summed E-state index contributed by atoms with van der Waals surface area (Å²) in [6, 6.07) is 0. The third-order valence-corrected chi connectivity index (χ3v) is 7.10. The number of H-pyrrole nitrogens is 2. The predicted octanol–water partition coefficient (Wildman–Crippen LogP) is 2.14. The molecule has 0 radical (unpaired) electrons. The lowest BCUT2D eigenvalue weighted by Gasteiger charge is -2.40. The molecule has 2 aliphatic rings. The Morgan fingerprint density at radius 2 is 2.27 bits per heavy atom. The van der Waals surface area contributed by atoms with Gasteiger partial charge in [0.1, 0.15) is 4.83 Å². The molecule has 1 aliphatic heterocycles. The van der Waals surface area contributed by atoms with Crippen molar-refractivity contribution in [2.75, 3.05) is 13.1 Å². The van der Waals surface area contributed by atoms with Crippen LogP contribution in [-0.2, 0) is 11.8 Å². The molecule has 4 heterocycles. The van der Waals surface area contributed by atoms with Crippen molar-refractivity contribution >= 4 is 27.5 Å². The van der Waals surface area contributed by atoms with Crippen LogP contribution >= 0.6 is 11.3 Å². The zero-order valence-electron chi connectivity index (χ0n) is 14.5. The van der Waals surface area contributed by atoms with Crippen molar-refractivity contribution in [3.63, 3.8) is 0 Å². The molecular weight excluding hydrogens is 350 g/mol. The maximum atomic E-state index is 13.3. The van der Waals surface area contributed by atoms with Gasteiger partial charge in [0.25, 0.3) is 11.5 Å². The van der Waals surface area contributed by atoms with Crippen molar-refractivity contribution < 1.29 is 4.79 Å². The third kappa shape index (κ3) is 2.11. The van der Waals surface area contributed by atoms with Crippen LogP contribution in [0.25, 0.3) is 10.2 Å². The molecule has 134 valence electrons. The first kappa shape index (κ1) is 15.7. The van der Waals surface area contributed by atoms with Crippen LogP contribution in [0.3, 0.4) is 0 Å². The van der Waals surface area contributed by atoms with E-state index >= 15 is 0 Å². The molecule has 1 aliphatic carbocycles. The fraction of sp³-hybridized carbons (Fsp3) is 0.444. The molecule has 26 heavy (non-hydrogen) atoms. The van der Waals surface area contributed by atoms with E-state index < -0.39 is 0 Å². The van der Waals surface area contributed by atoms with Gasteiger partial charge in [-0.2, -0.15) is 5.10 Å². The number of carbonyl (C=O) groups excluding carboxylic acids is 1. The molecule has 1 spiro atoms. The summed E-state index contributed by atoms with van der Waals surface area (Å²) >= 11 is 1.32.